The van der Waals surface area contributed by atoms with Crippen LogP contribution in [0.5, 0.6) is 0 Å². The van der Waals surface area contributed by atoms with Gasteiger partial charge >= 0.3 is 6.09 Å². The summed E-state index contributed by atoms with van der Waals surface area (Å²) < 4.78 is 5.65. The third kappa shape index (κ3) is 2.96. The third-order valence-corrected chi connectivity index (χ3v) is 4.32. The first-order valence-electron chi connectivity index (χ1n) is 7.43. The smallest absolute Gasteiger partial charge is 0.410 e. The van der Waals surface area contributed by atoms with E-state index in [9.17, 15) is 4.79 Å². The first-order valence-corrected chi connectivity index (χ1v) is 7.43. The minimum absolute atomic E-state index is 0.0934. The van der Waals surface area contributed by atoms with E-state index < -0.39 is 0 Å². The van der Waals surface area contributed by atoms with Crippen LogP contribution in [-0.4, -0.2) is 48.7 Å². The number of hydrogen-bond donors (Lipinski definition) is 0. The maximum Gasteiger partial charge on any atom is 0.410 e. The molecule has 1 fully saturated rings. The Balaban J connectivity index is 1.56. The minimum atomic E-state index is -0.144. The van der Waals surface area contributed by atoms with Crippen LogP contribution < -0.4 is 0 Å². The number of likely N-dealkylation sites (tertiary alicyclic amines) is 1. The van der Waals surface area contributed by atoms with Gasteiger partial charge in [-0.25, -0.2) is 4.79 Å². The Bertz CT molecular complexity index is 481. The molecule has 1 aromatic rings. The van der Waals surface area contributed by atoms with Gasteiger partial charge in [-0.1, -0.05) is 24.3 Å². The van der Waals surface area contributed by atoms with E-state index in [2.05, 4.69) is 30.1 Å². The molecule has 0 aliphatic carbocycles. The lowest BCUT2D eigenvalue weighted by Gasteiger charge is -2.32. The highest BCUT2D eigenvalue weighted by atomic mass is 16.6. The highest BCUT2D eigenvalue weighted by Gasteiger charge is 2.25. The molecule has 0 N–H and O–H groups in total. The highest BCUT2D eigenvalue weighted by Crippen LogP contribution is 2.20. The van der Waals surface area contributed by atoms with Gasteiger partial charge < -0.3 is 14.5 Å². The third-order valence-electron chi connectivity index (χ3n) is 4.32. The molecule has 0 saturated carbocycles. The van der Waals surface area contributed by atoms with Crippen molar-refractivity contribution < 1.29 is 9.53 Å². The highest BCUT2D eigenvalue weighted by molar-refractivity contribution is 5.68. The van der Waals surface area contributed by atoms with Gasteiger partial charge in [0.05, 0.1) is 0 Å². The van der Waals surface area contributed by atoms with Gasteiger partial charge in [-0.15, -0.1) is 0 Å². The number of benzene rings is 1. The molecule has 1 amide bonds. The monoisotopic (exact) mass is 274 g/mol. The standard InChI is InChI=1S/C16H22N2O2/c1-17-9-7-15(8-10-17)20-16(19)18-11-6-13-4-2-3-5-14(13)12-18/h2-5,15H,6-12H2,1H3. The number of fused-ring (bicyclic) bond motifs is 1. The van der Waals surface area contributed by atoms with Gasteiger partial charge in [-0.2, -0.15) is 0 Å². The second-order valence-corrected chi connectivity index (χ2v) is 5.83. The Morgan fingerprint density at radius 3 is 2.60 bits per heavy atom. The quantitative estimate of drug-likeness (QED) is 0.787. The SMILES string of the molecule is CN1CCC(OC(=O)N2CCc3ccccc3C2)CC1. The van der Waals surface area contributed by atoms with E-state index in [1.807, 2.05) is 11.0 Å². The van der Waals surface area contributed by atoms with Crippen LogP contribution in [0.1, 0.15) is 24.0 Å². The molecule has 1 saturated heterocycles. The summed E-state index contributed by atoms with van der Waals surface area (Å²) in [6.07, 6.45) is 2.78. The van der Waals surface area contributed by atoms with Crippen LogP contribution in [0.4, 0.5) is 4.79 Å². The fraction of sp³-hybridized carbons (Fsp3) is 0.562. The van der Waals surface area contributed by atoms with Crippen LogP contribution in [0.3, 0.4) is 0 Å². The second-order valence-electron chi connectivity index (χ2n) is 5.83. The van der Waals surface area contributed by atoms with Gasteiger partial charge in [-0.05, 0) is 37.4 Å². The number of ether oxygens (including phenoxy) is 1. The van der Waals surface area contributed by atoms with Crippen molar-refractivity contribution in [3.63, 3.8) is 0 Å². The molecule has 2 aliphatic rings. The van der Waals surface area contributed by atoms with Gasteiger partial charge in [0.1, 0.15) is 6.10 Å². The predicted octanol–water partition coefficient (Wildman–Crippen LogP) is 2.28. The molecule has 2 heterocycles. The zero-order valence-electron chi connectivity index (χ0n) is 12.0. The minimum Gasteiger partial charge on any atom is -0.446 e. The van der Waals surface area contributed by atoms with Crippen molar-refractivity contribution in [2.24, 2.45) is 0 Å². The maximum absolute atomic E-state index is 12.2. The fourth-order valence-corrected chi connectivity index (χ4v) is 2.97. The van der Waals surface area contributed by atoms with Crippen molar-refractivity contribution in [3.05, 3.63) is 35.4 Å². The first-order chi connectivity index (χ1) is 9.72. The number of hydrogen-bond acceptors (Lipinski definition) is 3. The van der Waals surface area contributed by atoms with Crippen molar-refractivity contribution in [1.29, 1.82) is 0 Å². The Kier molecular flexibility index (Phi) is 3.92. The molecule has 0 unspecified atom stereocenters. The van der Waals surface area contributed by atoms with Gasteiger partial charge in [0.25, 0.3) is 0 Å². The van der Waals surface area contributed by atoms with Crippen molar-refractivity contribution in [1.82, 2.24) is 9.80 Å². The molecule has 4 nitrogen and oxygen atoms in total. The molecule has 0 atom stereocenters. The molecule has 1 aromatic carbocycles. The normalized spacial score (nSPS) is 20.6. The molecule has 0 aromatic heterocycles. The Morgan fingerprint density at radius 2 is 1.85 bits per heavy atom. The molecule has 4 heteroatoms. The largest absolute Gasteiger partial charge is 0.446 e. The molecule has 3 rings (SSSR count). The molecule has 2 aliphatic heterocycles. The predicted molar refractivity (Wildman–Crippen MR) is 77.6 cm³/mol. The van der Waals surface area contributed by atoms with E-state index in [4.69, 9.17) is 4.74 Å². The number of nitrogens with zero attached hydrogens (tertiary/aromatic N) is 2. The molecule has 108 valence electrons. The first kappa shape index (κ1) is 13.4. The van der Waals surface area contributed by atoms with Crippen molar-refractivity contribution in [3.8, 4) is 0 Å². The van der Waals surface area contributed by atoms with Gasteiger partial charge in [0.2, 0.25) is 0 Å². The lowest BCUT2D eigenvalue weighted by Crippen LogP contribution is -2.41. The number of carbonyl (C=O) groups is 1. The van der Waals surface area contributed by atoms with E-state index >= 15 is 0 Å². The van der Waals surface area contributed by atoms with Crippen LogP contribution in [0.15, 0.2) is 24.3 Å². The van der Waals surface area contributed by atoms with E-state index in [0.717, 1.165) is 38.9 Å². The van der Waals surface area contributed by atoms with Crippen molar-refractivity contribution >= 4 is 6.09 Å². The second kappa shape index (κ2) is 5.83. The summed E-state index contributed by atoms with van der Waals surface area (Å²) in [4.78, 5) is 16.4. The number of amides is 1. The number of carbonyl (C=O) groups excluding carboxylic acids is 1. The lowest BCUT2D eigenvalue weighted by molar-refractivity contribution is 0.0305. The zero-order chi connectivity index (χ0) is 13.9. The van der Waals surface area contributed by atoms with Crippen LogP contribution >= 0.6 is 0 Å². The molecular formula is C16H22N2O2. The van der Waals surface area contributed by atoms with Gasteiger partial charge in [0, 0.05) is 26.2 Å². The van der Waals surface area contributed by atoms with Gasteiger partial charge in [0.15, 0.2) is 0 Å². The number of piperidine rings is 1. The summed E-state index contributed by atoms with van der Waals surface area (Å²) >= 11 is 0. The maximum atomic E-state index is 12.2. The fourth-order valence-electron chi connectivity index (χ4n) is 2.97. The van der Waals surface area contributed by atoms with Crippen LogP contribution in [-0.2, 0) is 17.7 Å². The molecule has 0 spiro atoms. The van der Waals surface area contributed by atoms with E-state index in [0.29, 0.717) is 6.54 Å². The average molecular weight is 274 g/mol. The molecule has 0 bridgehead atoms. The summed E-state index contributed by atoms with van der Waals surface area (Å²) in [5, 5.41) is 0. The van der Waals surface area contributed by atoms with Crippen LogP contribution in [0.2, 0.25) is 0 Å². The van der Waals surface area contributed by atoms with Crippen molar-refractivity contribution in [2.75, 3.05) is 26.7 Å². The Hall–Kier alpha value is -1.55. The van der Waals surface area contributed by atoms with Crippen LogP contribution in [0, 0.1) is 0 Å². The van der Waals surface area contributed by atoms with Gasteiger partial charge in [-0.3, -0.25) is 0 Å². The summed E-state index contributed by atoms with van der Waals surface area (Å²) in [5.41, 5.74) is 2.61. The summed E-state index contributed by atoms with van der Waals surface area (Å²) in [5.74, 6) is 0. The van der Waals surface area contributed by atoms with Crippen molar-refractivity contribution in [2.45, 2.75) is 31.9 Å². The zero-order valence-corrected chi connectivity index (χ0v) is 12.0. The van der Waals surface area contributed by atoms with E-state index in [1.165, 1.54) is 11.1 Å². The summed E-state index contributed by atoms with van der Waals surface area (Å²) in [6.45, 7) is 3.48. The van der Waals surface area contributed by atoms with E-state index in [1.54, 1.807) is 0 Å². The van der Waals surface area contributed by atoms with Crippen LogP contribution in [0.25, 0.3) is 0 Å². The number of rotatable bonds is 1. The molecular weight excluding hydrogens is 252 g/mol. The average Bonchev–Trinajstić information content (AvgIpc) is 2.49. The summed E-state index contributed by atoms with van der Waals surface area (Å²) in [7, 11) is 2.11. The lowest BCUT2D eigenvalue weighted by atomic mass is 10.0. The van der Waals surface area contributed by atoms with E-state index in [-0.39, 0.29) is 12.2 Å². The molecule has 20 heavy (non-hydrogen) atoms. The topological polar surface area (TPSA) is 32.8 Å². The Morgan fingerprint density at radius 1 is 1.15 bits per heavy atom. The molecule has 0 radical (unpaired) electrons. The summed E-state index contributed by atoms with van der Waals surface area (Å²) in [6, 6.07) is 8.34. The Labute approximate surface area is 120 Å².